The minimum atomic E-state index is -0.751. The maximum absolute atomic E-state index is 11.3. The van der Waals surface area contributed by atoms with Crippen molar-refractivity contribution in [2.45, 2.75) is 25.3 Å². The van der Waals surface area contributed by atoms with Crippen molar-refractivity contribution >= 4 is 12.1 Å². The van der Waals surface area contributed by atoms with Crippen molar-refractivity contribution in [1.82, 2.24) is 4.90 Å². The fourth-order valence-electron chi connectivity index (χ4n) is 1.18. The first-order valence-electron chi connectivity index (χ1n) is 5.11. The highest BCUT2D eigenvalue weighted by molar-refractivity contribution is 5.87. The Kier molecular flexibility index (Phi) is 4.51. The van der Waals surface area contributed by atoms with Gasteiger partial charge in [0.05, 0.1) is 0 Å². The van der Waals surface area contributed by atoms with E-state index in [2.05, 4.69) is 4.74 Å². The second-order valence-corrected chi connectivity index (χ2v) is 3.57. The van der Waals surface area contributed by atoms with Gasteiger partial charge in [-0.1, -0.05) is 0 Å². The molecule has 4 N–H and O–H groups in total. The summed E-state index contributed by atoms with van der Waals surface area (Å²) in [5.74, 6) is -0.666. The van der Waals surface area contributed by atoms with E-state index in [0.29, 0.717) is 32.5 Å². The number of likely N-dealkylation sites (tertiary alicyclic amines) is 1. The SMILES string of the molecule is NCCC[C@H](N)C(=O)OC(=O)N1CCC1. The molecule has 1 aliphatic heterocycles. The molecule has 1 aliphatic rings. The summed E-state index contributed by atoms with van der Waals surface area (Å²) in [6.45, 7) is 1.79. The summed E-state index contributed by atoms with van der Waals surface area (Å²) in [6.07, 6.45) is 1.47. The Bertz CT molecular complexity index is 241. The second-order valence-electron chi connectivity index (χ2n) is 3.57. The Hall–Kier alpha value is -1.14. The van der Waals surface area contributed by atoms with Crippen LogP contribution in [0, 0.1) is 0 Å². The molecule has 1 atom stereocenters. The zero-order chi connectivity index (χ0) is 11.3. The lowest BCUT2D eigenvalue weighted by atomic mass is 10.2. The molecule has 0 spiro atoms. The van der Waals surface area contributed by atoms with E-state index >= 15 is 0 Å². The molecule has 0 aromatic rings. The minimum absolute atomic E-state index is 0.447. The first-order chi connectivity index (χ1) is 7.15. The number of carbonyl (C=O) groups excluding carboxylic acids is 2. The fraction of sp³-hybridized carbons (Fsp3) is 0.778. The van der Waals surface area contributed by atoms with E-state index in [1.165, 1.54) is 4.90 Å². The largest absolute Gasteiger partial charge is 0.417 e. The standard InChI is InChI=1S/C9H17N3O3/c10-4-1-3-7(11)8(13)15-9(14)12-5-2-6-12/h7H,1-6,10-11H2/t7-/m0/s1. The maximum Gasteiger partial charge on any atom is 0.417 e. The number of hydrogen-bond acceptors (Lipinski definition) is 5. The van der Waals surface area contributed by atoms with Crippen molar-refractivity contribution in [1.29, 1.82) is 0 Å². The van der Waals surface area contributed by atoms with Gasteiger partial charge in [0.1, 0.15) is 6.04 Å². The normalized spacial score (nSPS) is 16.8. The quantitative estimate of drug-likeness (QED) is 0.483. The Morgan fingerprint density at radius 2 is 2.07 bits per heavy atom. The van der Waals surface area contributed by atoms with Crippen LogP contribution in [0.4, 0.5) is 4.79 Å². The molecule has 0 radical (unpaired) electrons. The lowest BCUT2D eigenvalue weighted by molar-refractivity contribution is -0.140. The van der Waals surface area contributed by atoms with Gasteiger partial charge in [-0.25, -0.2) is 9.59 Å². The minimum Gasteiger partial charge on any atom is -0.375 e. The van der Waals surface area contributed by atoms with Gasteiger partial charge < -0.3 is 21.1 Å². The molecule has 1 saturated heterocycles. The van der Waals surface area contributed by atoms with Crippen molar-refractivity contribution in [3.8, 4) is 0 Å². The van der Waals surface area contributed by atoms with Crippen LogP contribution >= 0.6 is 0 Å². The number of nitrogens with zero attached hydrogens (tertiary/aromatic N) is 1. The Morgan fingerprint density at radius 1 is 1.40 bits per heavy atom. The lowest BCUT2D eigenvalue weighted by Gasteiger charge is -2.29. The van der Waals surface area contributed by atoms with Crippen LogP contribution in [-0.4, -0.2) is 42.6 Å². The third-order valence-corrected chi connectivity index (χ3v) is 2.32. The van der Waals surface area contributed by atoms with Gasteiger partial charge in [-0.3, -0.25) is 0 Å². The van der Waals surface area contributed by atoms with Crippen LogP contribution in [0.2, 0.25) is 0 Å². The van der Waals surface area contributed by atoms with Crippen molar-refractivity contribution in [2.75, 3.05) is 19.6 Å². The summed E-state index contributed by atoms with van der Waals surface area (Å²) in [7, 11) is 0. The van der Waals surface area contributed by atoms with Crippen LogP contribution in [0.15, 0.2) is 0 Å². The number of ether oxygens (including phenoxy) is 1. The third kappa shape index (κ3) is 3.49. The summed E-state index contributed by atoms with van der Waals surface area (Å²) in [5.41, 5.74) is 10.8. The van der Waals surface area contributed by atoms with E-state index in [1.807, 2.05) is 0 Å². The summed E-state index contributed by atoms with van der Waals surface area (Å²) in [5, 5.41) is 0. The molecule has 6 heteroatoms. The highest BCUT2D eigenvalue weighted by atomic mass is 16.6. The van der Waals surface area contributed by atoms with E-state index in [-0.39, 0.29) is 0 Å². The van der Waals surface area contributed by atoms with Gasteiger partial charge in [0, 0.05) is 13.1 Å². The fourth-order valence-corrected chi connectivity index (χ4v) is 1.18. The first-order valence-corrected chi connectivity index (χ1v) is 5.11. The molecular weight excluding hydrogens is 198 g/mol. The Morgan fingerprint density at radius 3 is 2.53 bits per heavy atom. The molecule has 0 aliphatic carbocycles. The number of hydrogen-bond donors (Lipinski definition) is 2. The van der Waals surface area contributed by atoms with Gasteiger partial charge in [0.2, 0.25) is 0 Å². The van der Waals surface area contributed by atoms with Crippen LogP contribution in [0.1, 0.15) is 19.3 Å². The molecule has 1 amide bonds. The average Bonchev–Trinajstić information content (AvgIpc) is 2.10. The zero-order valence-corrected chi connectivity index (χ0v) is 8.65. The molecule has 0 aromatic carbocycles. The van der Waals surface area contributed by atoms with E-state index in [1.54, 1.807) is 0 Å². The van der Waals surface area contributed by atoms with E-state index in [0.717, 1.165) is 6.42 Å². The van der Waals surface area contributed by atoms with Crippen molar-refractivity contribution in [3.63, 3.8) is 0 Å². The molecule has 6 nitrogen and oxygen atoms in total. The van der Waals surface area contributed by atoms with Gasteiger partial charge >= 0.3 is 12.1 Å². The number of amides is 1. The molecule has 1 heterocycles. The number of esters is 1. The molecule has 0 unspecified atom stereocenters. The molecule has 86 valence electrons. The van der Waals surface area contributed by atoms with Crippen molar-refractivity contribution in [2.24, 2.45) is 11.5 Å². The second kappa shape index (κ2) is 5.67. The predicted octanol–water partition coefficient (Wildman–Crippen LogP) is -0.578. The Balaban J connectivity index is 2.24. The third-order valence-electron chi connectivity index (χ3n) is 2.32. The van der Waals surface area contributed by atoms with Crippen LogP contribution in [0.5, 0.6) is 0 Å². The summed E-state index contributed by atoms with van der Waals surface area (Å²) < 4.78 is 4.60. The summed E-state index contributed by atoms with van der Waals surface area (Å²) in [4.78, 5) is 24.0. The van der Waals surface area contributed by atoms with E-state index < -0.39 is 18.1 Å². The molecular formula is C9H17N3O3. The number of nitrogens with two attached hydrogens (primary N) is 2. The summed E-state index contributed by atoms with van der Waals surface area (Å²) in [6, 6.07) is -0.751. The monoisotopic (exact) mass is 215 g/mol. The molecule has 15 heavy (non-hydrogen) atoms. The zero-order valence-electron chi connectivity index (χ0n) is 8.65. The highest BCUT2D eigenvalue weighted by Gasteiger charge is 2.26. The first kappa shape index (κ1) is 11.9. The molecule has 1 rings (SSSR count). The summed E-state index contributed by atoms with van der Waals surface area (Å²) >= 11 is 0. The predicted molar refractivity (Wildman–Crippen MR) is 53.9 cm³/mol. The maximum atomic E-state index is 11.3. The smallest absolute Gasteiger partial charge is 0.375 e. The van der Waals surface area contributed by atoms with Crippen molar-refractivity contribution < 1.29 is 14.3 Å². The van der Waals surface area contributed by atoms with Gasteiger partial charge in [-0.2, -0.15) is 0 Å². The van der Waals surface area contributed by atoms with Crippen LogP contribution < -0.4 is 11.5 Å². The topological polar surface area (TPSA) is 98.6 Å². The lowest BCUT2D eigenvalue weighted by Crippen LogP contribution is -2.45. The van der Waals surface area contributed by atoms with Crippen molar-refractivity contribution in [3.05, 3.63) is 0 Å². The molecule has 1 fully saturated rings. The van der Waals surface area contributed by atoms with Crippen LogP contribution in [0.25, 0.3) is 0 Å². The van der Waals surface area contributed by atoms with Gasteiger partial charge in [0.15, 0.2) is 0 Å². The van der Waals surface area contributed by atoms with Gasteiger partial charge in [-0.05, 0) is 25.8 Å². The van der Waals surface area contributed by atoms with E-state index in [4.69, 9.17) is 11.5 Å². The molecule has 0 aromatic heterocycles. The Labute approximate surface area is 88.5 Å². The molecule has 0 bridgehead atoms. The number of rotatable bonds is 4. The van der Waals surface area contributed by atoms with Gasteiger partial charge in [-0.15, -0.1) is 0 Å². The number of carbonyl (C=O) groups is 2. The van der Waals surface area contributed by atoms with Crippen LogP contribution in [-0.2, 0) is 9.53 Å². The highest BCUT2D eigenvalue weighted by Crippen LogP contribution is 2.08. The molecule has 0 saturated carbocycles. The van der Waals surface area contributed by atoms with Gasteiger partial charge in [0.25, 0.3) is 0 Å². The van der Waals surface area contributed by atoms with Crippen LogP contribution in [0.3, 0.4) is 0 Å². The average molecular weight is 215 g/mol. The van der Waals surface area contributed by atoms with E-state index in [9.17, 15) is 9.59 Å².